The summed E-state index contributed by atoms with van der Waals surface area (Å²) in [6.07, 6.45) is 6.73. The fourth-order valence-electron chi connectivity index (χ4n) is 1.92. The molecule has 0 bridgehead atoms. The van der Waals surface area contributed by atoms with E-state index < -0.39 is 0 Å². The molecule has 1 heterocycles. The fraction of sp³-hybridized carbons (Fsp3) is 0.714. The molecule has 0 atom stereocenters. The molecule has 1 heteroatoms. The van der Waals surface area contributed by atoms with E-state index in [1.54, 1.807) is 11.1 Å². The van der Waals surface area contributed by atoms with Crippen molar-refractivity contribution in [3.63, 3.8) is 0 Å². The molecule has 0 aliphatic carbocycles. The van der Waals surface area contributed by atoms with Gasteiger partial charge in [-0.1, -0.05) is 47.0 Å². The molecule has 0 saturated heterocycles. The molecule has 1 aromatic heterocycles. The van der Waals surface area contributed by atoms with Gasteiger partial charge in [-0.05, 0) is 40.1 Å². The first kappa shape index (κ1) is 12.8. The van der Waals surface area contributed by atoms with Crippen molar-refractivity contribution in [3.8, 4) is 0 Å². The maximum Gasteiger partial charge on any atom is -0.00531 e. The van der Waals surface area contributed by atoms with Crippen LogP contribution in [0, 0.1) is 0 Å². The van der Waals surface area contributed by atoms with Crippen LogP contribution in [0.5, 0.6) is 0 Å². The van der Waals surface area contributed by atoms with Gasteiger partial charge in [0.2, 0.25) is 0 Å². The lowest BCUT2D eigenvalue weighted by molar-refractivity contribution is 0.579. The number of hydrogen-bond donors (Lipinski definition) is 0. The minimum atomic E-state index is 0.320. The minimum absolute atomic E-state index is 0.320. The highest BCUT2D eigenvalue weighted by atomic mass is 32.1. The van der Waals surface area contributed by atoms with Crippen molar-refractivity contribution in [1.82, 2.24) is 0 Å². The Hall–Kier alpha value is -0.300. The van der Waals surface area contributed by atoms with Crippen LogP contribution in [0.2, 0.25) is 0 Å². The second-order valence-corrected chi connectivity index (χ2v) is 6.11. The van der Waals surface area contributed by atoms with Crippen LogP contribution in [0.25, 0.3) is 0 Å². The third-order valence-electron chi connectivity index (χ3n) is 2.85. The van der Waals surface area contributed by atoms with E-state index in [-0.39, 0.29) is 0 Å². The van der Waals surface area contributed by atoms with E-state index in [2.05, 4.69) is 38.5 Å². The molecule has 0 spiro atoms. The summed E-state index contributed by atoms with van der Waals surface area (Å²) in [6.45, 7) is 9.20. The summed E-state index contributed by atoms with van der Waals surface area (Å²) in [7, 11) is 0. The zero-order valence-corrected chi connectivity index (χ0v) is 11.4. The number of unbranched alkanes of at least 4 members (excludes halogenated alkanes) is 3. The Morgan fingerprint density at radius 3 is 2.40 bits per heavy atom. The van der Waals surface area contributed by atoms with Gasteiger partial charge in [-0.2, -0.15) is 11.3 Å². The van der Waals surface area contributed by atoms with E-state index in [1.165, 1.54) is 32.1 Å². The maximum atomic E-state index is 2.34. The molecule has 0 amide bonds. The van der Waals surface area contributed by atoms with E-state index in [1.807, 2.05) is 11.3 Å². The fourth-order valence-corrected chi connectivity index (χ4v) is 3.04. The van der Waals surface area contributed by atoms with Crippen molar-refractivity contribution in [2.75, 3.05) is 0 Å². The molecule has 86 valence electrons. The standard InChI is InChI=1S/C14H24S/c1-5-6-7-8-9-12-10-15-11-13(12)14(2,3)4/h10-11H,5-9H2,1-4H3. The first-order chi connectivity index (χ1) is 7.05. The predicted octanol–water partition coefficient (Wildman–Crippen LogP) is 5.17. The Morgan fingerprint density at radius 2 is 1.80 bits per heavy atom. The molecular formula is C14H24S. The van der Waals surface area contributed by atoms with Crippen molar-refractivity contribution < 1.29 is 0 Å². The highest BCUT2D eigenvalue weighted by Crippen LogP contribution is 2.29. The number of aryl methyl sites for hydroxylation is 1. The SMILES string of the molecule is CCCCCCc1cscc1C(C)(C)C. The summed E-state index contributed by atoms with van der Waals surface area (Å²) in [4.78, 5) is 0. The predicted molar refractivity (Wildman–Crippen MR) is 70.9 cm³/mol. The Balaban J connectivity index is 2.51. The topological polar surface area (TPSA) is 0 Å². The lowest BCUT2D eigenvalue weighted by Crippen LogP contribution is -2.12. The lowest BCUT2D eigenvalue weighted by Gasteiger charge is -2.19. The van der Waals surface area contributed by atoms with Gasteiger partial charge in [0.25, 0.3) is 0 Å². The molecule has 0 fully saturated rings. The van der Waals surface area contributed by atoms with Gasteiger partial charge in [-0.3, -0.25) is 0 Å². The third kappa shape index (κ3) is 3.98. The van der Waals surface area contributed by atoms with E-state index in [0.29, 0.717) is 5.41 Å². The molecule has 1 rings (SSSR count). The molecule has 0 N–H and O–H groups in total. The van der Waals surface area contributed by atoms with Crippen molar-refractivity contribution in [2.24, 2.45) is 0 Å². The van der Waals surface area contributed by atoms with Crippen LogP contribution in [0.3, 0.4) is 0 Å². The monoisotopic (exact) mass is 224 g/mol. The number of rotatable bonds is 5. The summed E-state index contributed by atoms with van der Waals surface area (Å²) in [5.41, 5.74) is 3.47. The average molecular weight is 224 g/mol. The zero-order valence-electron chi connectivity index (χ0n) is 10.6. The molecule has 15 heavy (non-hydrogen) atoms. The van der Waals surface area contributed by atoms with E-state index >= 15 is 0 Å². The van der Waals surface area contributed by atoms with Gasteiger partial charge in [0.15, 0.2) is 0 Å². The first-order valence-corrected chi connectivity index (χ1v) is 7.05. The Kier molecular flexibility index (Phi) is 4.85. The maximum absolute atomic E-state index is 2.34. The number of hydrogen-bond acceptors (Lipinski definition) is 1. The Morgan fingerprint density at radius 1 is 1.07 bits per heavy atom. The summed E-state index contributed by atoms with van der Waals surface area (Å²) in [5, 5.41) is 4.67. The smallest absolute Gasteiger partial charge is 0.00531 e. The molecule has 0 saturated carbocycles. The van der Waals surface area contributed by atoms with Crippen molar-refractivity contribution in [3.05, 3.63) is 21.9 Å². The summed E-state index contributed by atoms with van der Waals surface area (Å²) in [5.74, 6) is 0. The van der Waals surface area contributed by atoms with Crippen LogP contribution >= 0.6 is 11.3 Å². The van der Waals surface area contributed by atoms with Crippen molar-refractivity contribution >= 4 is 11.3 Å². The highest BCUT2D eigenvalue weighted by molar-refractivity contribution is 7.08. The number of thiophene rings is 1. The Bertz CT molecular complexity index is 278. The van der Waals surface area contributed by atoms with Crippen molar-refractivity contribution in [1.29, 1.82) is 0 Å². The third-order valence-corrected chi connectivity index (χ3v) is 3.64. The van der Waals surface area contributed by atoms with E-state index in [0.717, 1.165) is 0 Å². The second kappa shape index (κ2) is 5.69. The minimum Gasteiger partial charge on any atom is -0.152 e. The average Bonchev–Trinajstić information content (AvgIpc) is 2.59. The summed E-state index contributed by atoms with van der Waals surface area (Å²) >= 11 is 1.86. The van der Waals surface area contributed by atoms with Gasteiger partial charge in [-0.25, -0.2) is 0 Å². The molecule has 0 radical (unpaired) electrons. The van der Waals surface area contributed by atoms with Gasteiger partial charge in [0.05, 0.1) is 0 Å². The van der Waals surface area contributed by atoms with Gasteiger partial charge in [-0.15, -0.1) is 0 Å². The zero-order chi connectivity index (χ0) is 11.3. The van der Waals surface area contributed by atoms with Gasteiger partial charge >= 0.3 is 0 Å². The second-order valence-electron chi connectivity index (χ2n) is 5.37. The highest BCUT2D eigenvalue weighted by Gasteiger charge is 2.17. The first-order valence-electron chi connectivity index (χ1n) is 6.11. The van der Waals surface area contributed by atoms with Crippen LogP contribution in [-0.2, 0) is 11.8 Å². The van der Waals surface area contributed by atoms with E-state index in [4.69, 9.17) is 0 Å². The largest absolute Gasteiger partial charge is 0.152 e. The molecule has 0 aliphatic rings. The van der Waals surface area contributed by atoms with Gasteiger partial charge in [0, 0.05) is 0 Å². The molecule has 0 aromatic carbocycles. The van der Waals surface area contributed by atoms with Gasteiger partial charge < -0.3 is 0 Å². The van der Waals surface area contributed by atoms with Crippen LogP contribution in [0.1, 0.15) is 64.5 Å². The molecule has 1 aromatic rings. The van der Waals surface area contributed by atoms with E-state index in [9.17, 15) is 0 Å². The molecule has 0 unspecified atom stereocenters. The lowest BCUT2D eigenvalue weighted by atomic mass is 9.85. The van der Waals surface area contributed by atoms with Crippen LogP contribution in [-0.4, -0.2) is 0 Å². The van der Waals surface area contributed by atoms with Crippen LogP contribution < -0.4 is 0 Å². The molecular weight excluding hydrogens is 200 g/mol. The molecule has 0 aliphatic heterocycles. The van der Waals surface area contributed by atoms with Gasteiger partial charge in [0.1, 0.15) is 0 Å². The summed E-state index contributed by atoms with van der Waals surface area (Å²) < 4.78 is 0. The normalized spacial score (nSPS) is 12.0. The summed E-state index contributed by atoms with van der Waals surface area (Å²) in [6, 6.07) is 0. The van der Waals surface area contributed by atoms with Crippen LogP contribution in [0.15, 0.2) is 10.8 Å². The van der Waals surface area contributed by atoms with Crippen molar-refractivity contribution in [2.45, 2.75) is 65.2 Å². The Labute approximate surface area is 98.7 Å². The molecule has 0 nitrogen and oxygen atoms in total. The van der Waals surface area contributed by atoms with Crippen LogP contribution in [0.4, 0.5) is 0 Å². The quantitative estimate of drug-likeness (QED) is 0.605.